The normalized spacial score (nSPS) is 13.5. The Bertz CT molecular complexity index is 1710. The fourth-order valence-electron chi connectivity index (χ4n) is 5.06. The van der Waals surface area contributed by atoms with E-state index in [0.29, 0.717) is 25.5 Å². The molecular formula is C37H35N3O4. The number of hydrogen-bond acceptors (Lipinski definition) is 6. The average molecular weight is 586 g/mol. The molecule has 2 aromatic heterocycles. The molecule has 0 saturated heterocycles. The van der Waals surface area contributed by atoms with Crippen LogP contribution < -0.4 is 0 Å². The van der Waals surface area contributed by atoms with Crippen molar-refractivity contribution < 1.29 is 19.3 Å². The summed E-state index contributed by atoms with van der Waals surface area (Å²) in [7, 11) is 0. The Morgan fingerprint density at radius 1 is 0.659 bits per heavy atom. The Hall–Kier alpha value is -4.66. The molecule has 6 rings (SSSR count). The minimum atomic E-state index is -0.989. The molecule has 1 N–H and O–H groups in total. The number of rotatable bonds is 14. The van der Waals surface area contributed by atoms with Crippen LogP contribution >= 0.6 is 0 Å². The third kappa shape index (κ3) is 7.64. The van der Waals surface area contributed by atoms with Crippen molar-refractivity contribution in [2.24, 2.45) is 0 Å². The summed E-state index contributed by atoms with van der Waals surface area (Å²) in [6, 6.07) is 41.7. The minimum absolute atomic E-state index is 0.0646. The molecule has 0 aliphatic carbocycles. The molecule has 0 fully saturated rings. The summed E-state index contributed by atoms with van der Waals surface area (Å²) in [5.41, 5.74) is 6.30. The standard InChI is InChI=1S/C37H35N3O4/c41-34(27-42-24-28-13-5-1-6-14-28)37(44-26-30-17-9-3-10-18-30)36(43-25-29-15-7-2-8-16-29)32-22-38-35-21-33(39-40(35)23-32)31-19-11-4-12-20-31/h1-23,34,36-37,41H,24-27H2/t34-,36-,37-/m1/s1. The highest BCUT2D eigenvalue weighted by Gasteiger charge is 2.33. The zero-order valence-corrected chi connectivity index (χ0v) is 24.4. The van der Waals surface area contributed by atoms with Gasteiger partial charge in [0.25, 0.3) is 0 Å². The van der Waals surface area contributed by atoms with Gasteiger partial charge < -0.3 is 19.3 Å². The van der Waals surface area contributed by atoms with Gasteiger partial charge in [0.15, 0.2) is 5.65 Å². The van der Waals surface area contributed by atoms with Crippen LogP contribution in [0.4, 0.5) is 0 Å². The van der Waals surface area contributed by atoms with Gasteiger partial charge in [-0.2, -0.15) is 5.10 Å². The molecule has 6 aromatic rings. The summed E-state index contributed by atoms with van der Waals surface area (Å²) in [5, 5.41) is 16.4. The Morgan fingerprint density at radius 2 is 1.20 bits per heavy atom. The summed E-state index contributed by atoms with van der Waals surface area (Å²) in [5.74, 6) is 0. The molecular weight excluding hydrogens is 550 g/mol. The summed E-state index contributed by atoms with van der Waals surface area (Å²) >= 11 is 0. The molecule has 0 aliphatic rings. The zero-order valence-electron chi connectivity index (χ0n) is 24.4. The number of aliphatic hydroxyl groups is 1. The monoisotopic (exact) mass is 585 g/mol. The van der Waals surface area contributed by atoms with E-state index in [1.165, 1.54) is 0 Å². The van der Waals surface area contributed by atoms with E-state index in [0.717, 1.165) is 33.5 Å². The Morgan fingerprint density at radius 3 is 1.82 bits per heavy atom. The van der Waals surface area contributed by atoms with E-state index in [1.54, 1.807) is 10.7 Å². The van der Waals surface area contributed by atoms with Crippen LogP contribution in [0.1, 0.15) is 28.4 Å². The van der Waals surface area contributed by atoms with Gasteiger partial charge in [0.05, 0.1) is 32.1 Å². The highest BCUT2D eigenvalue weighted by molar-refractivity contribution is 5.63. The molecule has 0 radical (unpaired) electrons. The zero-order chi connectivity index (χ0) is 30.0. The molecule has 3 atom stereocenters. The van der Waals surface area contributed by atoms with Gasteiger partial charge in [0.2, 0.25) is 0 Å². The lowest BCUT2D eigenvalue weighted by atomic mass is 10.0. The number of fused-ring (bicyclic) bond motifs is 1. The summed E-state index contributed by atoms with van der Waals surface area (Å²) in [6.45, 7) is 1.06. The fourth-order valence-corrected chi connectivity index (χ4v) is 5.06. The first kappa shape index (κ1) is 29.4. The lowest BCUT2D eigenvalue weighted by molar-refractivity contribution is -0.150. The molecule has 7 nitrogen and oxygen atoms in total. The van der Waals surface area contributed by atoms with E-state index in [2.05, 4.69) is 0 Å². The maximum Gasteiger partial charge on any atom is 0.155 e. The highest BCUT2D eigenvalue weighted by atomic mass is 16.6. The topological polar surface area (TPSA) is 78.1 Å². The molecule has 0 bridgehead atoms. The van der Waals surface area contributed by atoms with Gasteiger partial charge in [-0.15, -0.1) is 0 Å². The van der Waals surface area contributed by atoms with Crippen LogP contribution in [0, 0.1) is 0 Å². The highest BCUT2D eigenvalue weighted by Crippen LogP contribution is 2.29. The van der Waals surface area contributed by atoms with Crippen molar-refractivity contribution >= 4 is 5.65 Å². The van der Waals surface area contributed by atoms with Crippen LogP contribution in [0.15, 0.2) is 140 Å². The molecule has 7 heteroatoms. The number of aliphatic hydroxyl groups excluding tert-OH is 1. The van der Waals surface area contributed by atoms with E-state index >= 15 is 0 Å². The van der Waals surface area contributed by atoms with Crippen molar-refractivity contribution in [2.75, 3.05) is 6.61 Å². The molecule has 2 heterocycles. The largest absolute Gasteiger partial charge is 0.388 e. The van der Waals surface area contributed by atoms with E-state index in [1.807, 2.05) is 134 Å². The summed E-state index contributed by atoms with van der Waals surface area (Å²) in [4.78, 5) is 4.72. The van der Waals surface area contributed by atoms with Gasteiger partial charge >= 0.3 is 0 Å². The average Bonchev–Trinajstić information content (AvgIpc) is 3.52. The summed E-state index contributed by atoms with van der Waals surface area (Å²) in [6.07, 6.45) is 1.25. The van der Waals surface area contributed by atoms with Gasteiger partial charge in [-0.3, -0.25) is 0 Å². The van der Waals surface area contributed by atoms with Crippen LogP contribution in [0.25, 0.3) is 16.9 Å². The van der Waals surface area contributed by atoms with Crippen molar-refractivity contribution in [2.45, 2.75) is 38.1 Å². The third-order valence-corrected chi connectivity index (χ3v) is 7.37. The number of nitrogens with zero attached hydrogens (tertiary/aromatic N) is 3. The van der Waals surface area contributed by atoms with E-state index in [9.17, 15) is 5.11 Å². The number of ether oxygens (including phenoxy) is 3. The van der Waals surface area contributed by atoms with Gasteiger partial charge in [-0.25, -0.2) is 9.50 Å². The molecule has 4 aromatic carbocycles. The Labute approximate surface area is 257 Å². The van der Waals surface area contributed by atoms with Crippen molar-refractivity contribution in [1.29, 1.82) is 0 Å². The van der Waals surface area contributed by atoms with Gasteiger partial charge in [0.1, 0.15) is 18.3 Å². The third-order valence-electron chi connectivity index (χ3n) is 7.37. The van der Waals surface area contributed by atoms with Crippen LogP contribution in [-0.4, -0.2) is 38.5 Å². The second-order valence-corrected chi connectivity index (χ2v) is 10.6. The van der Waals surface area contributed by atoms with Crippen molar-refractivity contribution in [1.82, 2.24) is 14.6 Å². The van der Waals surface area contributed by atoms with Crippen LogP contribution in [-0.2, 0) is 34.0 Å². The van der Waals surface area contributed by atoms with Gasteiger partial charge in [-0.1, -0.05) is 121 Å². The van der Waals surface area contributed by atoms with E-state index < -0.39 is 18.3 Å². The maximum atomic E-state index is 11.6. The Balaban J connectivity index is 1.30. The smallest absolute Gasteiger partial charge is 0.155 e. The number of benzene rings is 4. The van der Waals surface area contributed by atoms with Crippen molar-refractivity contribution in [3.05, 3.63) is 162 Å². The molecule has 0 amide bonds. The SMILES string of the molecule is O[C@H](COCc1ccccc1)[C@@H](OCc1ccccc1)[C@H](OCc1ccccc1)c1cnc2cc(-c3ccccc3)nn2c1. The molecule has 222 valence electrons. The molecule has 44 heavy (non-hydrogen) atoms. The summed E-state index contributed by atoms with van der Waals surface area (Å²) < 4.78 is 20.8. The van der Waals surface area contributed by atoms with Crippen molar-refractivity contribution in [3.63, 3.8) is 0 Å². The quantitative estimate of drug-likeness (QED) is 0.151. The lowest BCUT2D eigenvalue weighted by Crippen LogP contribution is -2.39. The van der Waals surface area contributed by atoms with Gasteiger partial charge in [0, 0.05) is 29.6 Å². The minimum Gasteiger partial charge on any atom is -0.388 e. The van der Waals surface area contributed by atoms with Crippen LogP contribution in [0.5, 0.6) is 0 Å². The van der Waals surface area contributed by atoms with Crippen LogP contribution in [0.3, 0.4) is 0 Å². The molecule has 0 unspecified atom stereocenters. The first-order chi connectivity index (χ1) is 21.7. The van der Waals surface area contributed by atoms with E-state index in [-0.39, 0.29) is 6.61 Å². The Kier molecular flexibility index (Phi) is 9.81. The lowest BCUT2D eigenvalue weighted by Gasteiger charge is -2.31. The second-order valence-electron chi connectivity index (χ2n) is 10.6. The molecule has 0 saturated carbocycles. The molecule has 0 aliphatic heterocycles. The number of aromatic nitrogens is 3. The predicted octanol–water partition coefficient (Wildman–Crippen LogP) is 6.82. The molecule has 0 spiro atoms. The number of hydrogen-bond donors (Lipinski definition) is 1. The van der Waals surface area contributed by atoms with Crippen LogP contribution in [0.2, 0.25) is 0 Å². The van der Waals surface area contributed by atoms with Crippen molar-refractivity contribution in [3.8, 4) is 11.3 Å². The first-order valence-corrected chi connectivity index (χ1v) is 14.7. The van der Waals surface area contributed by atoms with Gasteiger partial charge in [-0.05, 0) is 16.7 Å². The maximum absolute atomic E-state index is 11.6. The second kappa shape index (κ2) is 14.7. The first-order valence-electron chi connectivity index (χ1n) is 14.7. The predicted molar refractivity (Wildman–Crippen MR) is 170 cm³/mol. The fraction of sp³-hybridized carbons (Fsp3) is 0.189. The van der Waals surface area contributed by atoms with E-state index in [4.69, 9.17) is 24.3 Å².